The average molecular weight is 408 g/mol. The van der Waals surface area contributed by atoms with Crippen molar-refractivity contribution in [3.63, 3.8) is 0 Å². The summed E-state index contributed by atoms with van der Waals surface area (Å²) in [6.07, 6.45) is 0.820. The lowest BCUT2D eigenvalue weighted by Crippen LogP contribution is -2.48. The zero-order chi connectivity index (χ0) is 20.4. The van der Waals surface area contributed by atoms with Crippen LogP contribution < -0.4 is 10.0 Å². The lowest BCUT2D eigenvalue weighted by Gasteiger charge is -2.19. The quantitative estimate of drug-likeness (QED) is 0.559. The second kappa shape index (κ2) is 10.9. The van der Waals surface area contributed by atoms with E-state index in [-0.39, 0.29) is 11.3 Å². The van der Waals surface area contributed by atoms with Crippen molar-refractivity contribution >= 4 is 15.9 Å². The van der Waals surface area contributed by atoms with Crippen molar-refractivity contribution in [1.29, 1.82) is 0 Å². The largest absolute Gasteiger partial charge is 0.382 e. The minimum atomic E-state index is -3.98. The van der Waals surface area contributed by atoms with Gasteiger partial charge in [0, 0.05) is 19.8 Å². The smallest absolute Gasteiger partial charge is 0.241 e. The number of benzene rings is 2. The maximum absolute atomic E-state index is 13.1. The third-order valence-corrected chi connectivity index (χ3v) is 5.48. The van der Waals surface area contributed by atoms with E-state index in [4.69, 9.17) is 4.74 Å². The monoisotopic (exact) mass is 408 g/mol. The number of halogens is 1. The summed E-state index contributed by atoms with van der Waals surface area (Å²) in [5.41, 5.74) is 0.818. The molecular formula is C20H25FN2O4S. The van der Waals surface area contributed by atoms with E-state index in [1.54, 1.807) is 0 Å². The average Bonchev–Trinajstić information content (AvgIpc) is 2.68. The molecule has 1 amide bonds. The third-order valence-electron chi connectivity index (χ3n) is 3.99. The Kier molecular flexibility index (Phi) is 8.56. The first-order chi connectivity index (χ1) is 13.4. The molecule has 0 fully saturated rings. The molecule has 2 aromatic carbocycles. The normalized spacial score (nSPS) is 12.5. The fourth-order valence-corrected chi connectivity index (χ4v) is 3.76. The molecule has 0 saturated carbocycles. The van der Waals surface area contributed by atoms with Gasteiger partial charge in [-0.05, 0) is 49.6 Å². The molecule has 1 atom stereocenters. The van der Waals surface area contributed by atoms with Gasteiger partial charge in [0.05, 0.1) is 4.90 Å². The molecule has 2 N–H and O–H groups in total. The van der Waals surface area contributed by atoms with E-state index in [2.05, 4.69) is 10.0 Å². The van der Waals surface area contributed by atoms with E-state index in [9.17, 15) is 17.6 Å². The molecule has 0 aliphatic heterocycles. The molecule has 8 heteroatoms. The van der Waals surface area contributed by atoms with Gasteiger partial charge in [-0.15, -0.1) is 0 Å². The van der Waals surface area contributed by atoms with Gasteiger partial charge in [-0.1, -0.05) is 30.3 Å². The molecule has 1 unspecified atom stereocenters. The minimum Gasteiger partial charge on any atom is -0.382 e. The fraction of sp³-hybridized carbons (Fsp3) is 0.350. The van der Waals surface area contributed by atoms with Gasteiger partial charge in [0.15, 0.2) is 0 Å². The SMILES string of the molecule is CCOCCCNC(=O)C(Cc1ccccc1)NS(=O)(=O)c1ccc(F)cc1. The Bertz CT molecular complexity index is 842. The lowest BCUT2D eigenvalue weighted by molar-refractivity contribution is -0.122. The van der Waals surface area contributed by atoms with Gasteiger partial charge in [-0.2, -0.15) is 4.72 Å². The Balaban J connectivity index is 2.10. The Morgan fingerprint density at radius 3 is 2.43 bits per heavy atom. The zero-order valence-electron chi connectivity index (χ0n) is 15.7. The Morgan fingerprint density at radius 2 is 1.79 bits per heavy atom. The number of carbonyl (C=O) groups excluding carboxylic acids is 1. The van der Waals surface area contributed by atoms with Crippen molar-refractivity contribution in [3.05, 3.63) is 66.0 Å². The standard InChI is InChI=1S/C20H25FN2O4S/c1-2-27-14-6-13-22-20(24)19(15-16-7-4-3-5-8-16)23-28(25,26)18-11-9-17(21)10-12-18/h3-5,7-12,19,23H,2,6,13-15H2,1H3,(H,22,24). The predicted molar refractivity (Wildman–Crippen MR) is 105 cm³/mol. The van der Waals surface area contributed by atoms with Gasteiger partial charge in [-0.25, -0.2) is 12.8 Å². The highest BCUT2D eigenvalue weighted by Gasteiger charge is 2.26. The fourth-order valence-electron chi connectivity index (χ4n) is 2.56. The first-order valence-electron chi connectivity index (χ1n) is 9.09. The molecule has 28 heavy (non-hydrogen) atoms. The predicted octanol–water partition coefficient (Wildman–Crippen LogP) is 2.26. The van der Waals surface area contributed by atoms with E-state index in [0.717, 1.165) is 29.8 Å². The maximum Gasteiger partial charge on any atom is 0.241 e. The van der Waals surface area contributed by atoms with Crippen molar-refractivity contribution in [1.82, 2.24) is 10.0 Å². The first-order valence-corrected chi connectivity index (χ1v) is 10.6. The number of amides is 1. The van der Waals surface area contributed by atoms with Crippen LogP contribution in [-0.2, 0) is 26.0 Å². The summed E-state index contributed by atoms with van der Waals surface area (Å²) in [6.45, 7) is 3.38. The number of hydrogen-bond donors (Lipinski definition) is 2. The highest BCUT2D eigenvalue weighted by atomic mass is 32.2. The van der Waals surface area contributed by atoms with E-state index in [1.807, 2.05) is 37.3 Å². The minimum absolute atomic E-state index is 0.101. The van der Waals surface area contributed by atoms with Crippen LogP contribution in [0.15, 0.2) is 59.5 Å². The summed E-state index contributed by atoms with van der Waals surface area (Å²) < 4.78 is 46.0. The number of hydrogen-bond acceptors (Lipinski definition) is 4. The van der Waals surface area contributed by atoms with Gasteiger partial charge < -0.3 is 10.1 Å². The molecule has 0 heterocycles. The van der Waals surface area contributed by atoms with Crippen molar-refractivity contribution in [2.75, 3.05) is 19.8 Å². The van der Waals surface area contributed by atoms with Crippen LogP contribution >= 0.6 is 0 Å². The number of ether oxygens (including phenoxy) is 1. The van der Waals surface area contributed by atoms with Gasteiger partial charge in [-0.3, -0.25) is 4.79 Å². The van der Waals surface area contributed by atoms with Gasteiger partial charge in [0.2, 0.25) is 15.9 Å². The van der Waals surface area contributed by atoms with Crippen LogP contribution in [0.2, 0.25) is 0 Å². The molecule has 0 aliphatic rings. The summed E-state index contributed by atoms with van der Waals surface area (Å²) in [5, 5.41) is 2.74. The highest BCUT2D eigenvalue weighted by molar-refractivity contribution is 7.89. The molecule has 0 bridgehead atoms. The molecular weight excluding hydrogens is 383 g/mol. The molecule has 0 aliphatic carbocycles. The topological polar surface area (TPSA) is 84.5 Å². The van der Waals surface area contributed by atoms with Crippen LogP contribution in [0, 0.1) is 5.82 Å². The molecule has 2 aromatic rings. The summed E-state index contributed by atoms with van der Waals surface area (Å²) in [6, 6.07) is 12.6. The number of nitrogens with one attached hydrogen (secondary N) is 2. The van der Waals surface area contributed by atoms with E-state index in [1.165, 1.54) is 0 Å². The van der Waals surface area contributed by atoms with Gasteiger partial charge >= 0.3 is 0 Å². The van der Waals surface area contributed by atoms with E-state index < -0.39 is 27.8 Å². The second-order valence-corrected chi connectivity index (χ2v) is 7.87. The number of rotatable bonds is 11. The number of sulfonamides is 1. The molecule has 0 aromatic heterocycles. The zero-order valence-corrected chi connectivity index (χ0v) is 16.5. The molecule has 0 saturated heterocycles. The third kappa shape index (κ3) is 7.03. The van der Waals surface area contributed by atoms with E-state index >= 15 is 0 Å². The van der Waals surface area contributed by atoms with Crippen LogP contribution in [0.1, 0.15) is 18.9 Å². The summed E-state index contributed by atoms with van der Waals surface area (Å²) in [4.78, 5) is 12.5. The molecule has 2 rings (SSSR count). The van der Waals surface area contributed by atoms with Crippen LogP contribution in [0.5, 0.6) is 0 Å². The van der Waals surface area contributed by atoms with Crippen LogP contribution in [-0.4, -0.2) is 40.1 Å². The molecule has 6 nitrogen and oxygen atoms in total. The van der Waals surface area contributed by atoms with E-state index in [0.29, 0.717) is 26.2 Å². The van der Waals surface area contributed by atoms with Crippen molar-refractivity contribution < 1.29 is 22.3 Å². The molecule has 0 radical (unpaired) electrons. The van der Waals surface area contributed by atoms with Gasteiger partial charge in [0.1, 0.15) is 11.9 Å². The van der Waals surface area contributed by atoms with Crippen molar-refractivity contribution in [2.45, 2.75) is 30.7 Å². The maximum atomic E-state index is 13.1. The summed E-state index contributed by atoms with van der Waals surface area (Å²) in [5.74, 6) is -0.960. The summed E-state index contributed by atoms with van der Waals surface area (Å²) in [7, 11) is -3.98. The van der Waals surface area contributed by atoms with Crippen LogP contribution in [0.25, 0.3) is 0 Å². The van der Waals surface area contributed by atoms with Crippen LogP contribution in [0.3, 0.4) is 0 Å². The Morgan fingerprint density at radius 1 is 1.11 bits per heavy atom. The first kappa shape index (κ1) is 22.0. The highest BCUT2D eigenvalue weighted by Crippen LogP contribution is 2.12. The van der Waals surface area contributed by atoms with Crippen LogP contribution in [0.4, 0.5) is 4.39 Å². The molecule has 0 spiro atoms. The second-order valence-electron chi connectivity index (χ2n) is 6.16. The van der Waals surface area contributed by atoms with Gasteiger partial charge in [0.25, 0.3) is 0 Å². The van der Waals surface area contributed by atoms with Crippen molar-refractivity contribution in [2.24, 2.45) is 0 Å². The Hall–Kier alpha value is -2.29. The number of carbonyl (C=O) groups is 1. The summed E-state index contributed by atoms with van der Waals surface area (Å²) >= 11 is 0. The lowest BCUT2D eigenvalue weighted by atomic mass is 10.1. The van der Waals surface area contributed by atoms with Crippen molar-refractivity contribution in [3.8, 4) is 0 Å². The molecule has 152 valence electrons. The Labute approximate surface area is 165 Å².